The number of pyridine rings is 1. The van der Waals surface area contributed by atoms with Gasteiger partial charge < -0.3 is 24.6 Å². The number of carboxylic acids is 1. The summed E-state index contributed by atoms with van der Waals surface area (Å²) in [6.45, 7) is 10.3. The second-order valence-electron chi connectivity index (χ2n) is 13.4. The summed E-state index contributed by atoms with van der Waals surface area (Å²) in [4.78, 5) is 20.3. The highest BCUT2D eigenvalue weighted by Crippen LogP contribution is 2.40. The normalized spacial score (nSPS) is 20.4. The van der Waals surface area contributed by atoms with E-state index < -0.39 is 21.9 Å². The largest absolute Gasteiger partial charge is 0.481 e. The van der Waals surface area contributed by atoms with Crippen LogP contribution in [0.5, 0.6) is 0 Å². The van der Waals surface area contributed by atoms with Crippen LogP contribution in [0, 0.1) is 11.3 Å². The standard InChI is InChI=1S/C32H43N7O5S/c1-21(2)34-20-32(3)11-15-38(16-12-32)27-18-24(37-45(42,43)25-7-8-25)6-9-26(27)30-36-35-29(44-30)22-10-13-33-28(17-22)39-14-4-5-23(19-39)31(40)41/h6,9-10,13,17-18,21,23,25,34,37H,4-5,7-8,11-12,14-16,19-20H2,1-3H3,(H,40,41). The number of anilines is 3. The maximum absolute atomic E-state index is 12.8. The molecule has 4 heterocycles. The smallest absolute Gasteiger partial charge is 0.308 e. The number of nitrogens with zero attached hydrogens (tertiary/aromatic N) is 5. The third-order valence-electron chi connectivity index (χ3n) is 9.21. The second kappa shape index (κ2) is 12.6. The molecule has 0 bridgehead atoms. The highest BCUT2D eigenvalue weighted by atomic mass is 32.2. The first kappa shape index (κ1) is 31.3. The fourth-order valence-corrected chi connectivity index (χ4v) is 7.52. The van der Waals surface area contributed by atoms with E-state index in [1.807, 2.05) is 23.1 Å². The molecule has 3 aliphatic rings. The van der Waals surface area contributed by atoms with Crippen molar-refractivity contribution in [2.45, 2.75) is 70.6 Å². The van der Waals surface area contributed by atoms with Gasteiger partial charge in [-0.2, -0.15) is 0 Å². The molecule has 2 aliphatic heterocycles. The Morgan fingerprint density at radius 1 is 1.07 bits per heavy atom. The minimum atomic E-state index is -3.42. The second-order valence-corrected chi connectivity index (χ2v) is 15.3. The zero-order valence-corrected chi connectivity index (χ0v) is 27.0. The minimum absolute atomic E-state index is 0.168. The van der Waals surface area contributed by atoms with E-state index >= 15 is 0 Å². The van der Waals surface area contributed by atoms with Gasteiger partial charge in [0.1, 0.15) is 5.82 Å². The molecule has 1 aromatic carbocycles. The van der Waals surface area contributed by atoms with Crippen LogP contribution in [0.3, 0.4) is 0 Å². The SMILES string of the molecule is CC(C)NCC1(C)CCN(c2cc(NS(=O)(=O)C3CC3)ccc2-c2nnc(-c3ccnc(N4CCCC(C(=O)O)C4)c3)o2)CC1. The van der Waals surface area contributed by atoms with Gasteiger partial charge in [0.05, 0.1) is 28.1 Å². The number of benzene rings is 1. The quantitative estimate of drug-likeness (QED) is 0.270. The lowest BCUT2D eigenvalue weighted by atomic mass is 9.80. The molecule has 1 aliphatic carbocycles. The van der Waals surface area contributed by atoms with Crippen molar-refractivity contribution in [1.82, 2.24) is 20.5 Å². The van der Waals surface area contributed by atoms with Crippen molar-refractivity contribution in [2.24, 2.45) is 11.3 Å². The molecule has 1 saturated carbocycles. The topological polar surface area (TPSA) is 154 Å². The van der Waals surface area contributed by atoms with Crippen LogP contribution in [0.1, 0.15) is 59.3 Å². The lowest BCUT2D eigenvalue weighted by Crippen LogP contribution is -2.45. The molecule has 12 nitrogen and oxygen atoms in total. The number of hydrogen-bond acceptors (Lipinski definition) is 10. The van der Waals surface area contributed by atoms with Gasteiger partial charge in [-0.15, -0.1) is 10.2 Å². The number of rotatable bonds is 11. The van der Waals surface area contributed by atoms with E-state index in [0.29, 0.717) is 60.7 Å². The van der Waals surface area contributed by atoms with Crippen LogP contribution in [0.25, 0.3) is 22.9 Å². The number of carbonyl (C=O) groups is 1. The zero-order chi connectivity index (χ0) is 31.8. The molecule has 2 aromatic heterocycles. The lowest BCUT2D eigenvalue weighted by molar-refractivity contribution is -0.141. The van der Waals surface area contributed by atoms with Crippen LogP contribution >= 0.6 is 0 Å². The van der Waals surface area contributed by atoms with Gasteiger partial charge in [0.2, 0.25) is 21.8 Å². The Kier molecular flexibility index (Phi) is 8.75. The van der Waals surface area contributed by atoms with Crippen LogP contribution in [-0.2, 0) is 14.8 Å². The lowest BCUT2D eigenvalue weighted by Gasteiger charge is -2.41. The van der Waals surface area contributed by atoms with Crippen molar-refractivity contribution in [3.05, 3.63) is 36.5 Å². The highest BCUT2D eigenvalue weighted by molar-refractivity contribution is 7.93. The average molecular weight is 638 g/mol. The summed E-state index contributed by atoms with van der Waals surface area (Å²) in [7, 11) is -3.42. The third kappa shape index (κ3) is 7.25. The Bertz CT molecular complexity index is 1630. The van der Waals surface area contributed by atoms with E-state index in [0.717, 1.165) is 56.7 Å². The molecule has 0 spiro atoms. The number of piperidine rings is 2. The molecule has 0 radical (unpaired) electrons. The number of aliphatic carboxylic acids is 1. The first-order valence-electron chi connectivity index (χ1n) is 15.9. The molecular weight excluding hydrogens is 594 g/mol. The Balaban J connectivity index is 1.27. The Morgan fingerprint density at radius 2 is 1.82 bits per heavy atom. The van der Waals surface area contributed by atoms with E-state index in [1.54, 1.807) is 18.3 Å². The summed E-state index contributed by atoms with van der Waals surface area (Å²) in [6, 6.07) is 9.56. The Morgan fingerprint density at radius 3 is 2.53 bits per heavy atom. The van der Waals surface area contributed by atoms with Crippen LogP contribution < -0.4 is 19.8 Å². The van der Waals surface area contributed by atoms with Crippen molar-refractivity contribution >= 4 is 33.2 Å². The van der Waals surface area contributed by atoms with E-state index in [1.165, 1.54) is 0 Å². The van der Waals surface area contributed by atoms with Crippen molar-refractivity contribution in [2.75, 3.05) is 47.2 Å². The van der Waals surface area contributed by atoms with E-state index in [4.69, 9.17) is 4.42 Å². The fourth-order valence-electron chi connectivity index (χ4n) is 6.14. The number of carboxylic acid groups (broad SMARTS) is 1. The van der Waals surface area contributed by atoms with Crippen molar-refractivity contribution in [3.8, 4) is 22.9 Å². The van der Waals surface area contributed by atoms with E-state index in [9.17, 15) is 18.3 Å². The number of sulfonamides is 1. The predicted molar refractivity (Wildman–Crippen MR) is 174 cm³/mol. The monoisotopic (exact) mass is 637 g/mol. The molecule has 242 valence electrons. The summed E-state index contributed by atoms with van der Waals surface area (Å²) in [5, 5.41) is 21.5. The number of hydrogen-bond donors (Lipinski definition) is 3. The predicted octanol–water partition coefficient (Wildman–Crippen LogP) is 4.61. The molecule has 1 atom stereocenters. The maximum Gasteiger partial charge on any atom is 0.308 e. The van der Waals surface area contributed by atoms with E-state index in [-0.39, 0.29) is 10.7 Å². The van der Waals surface area contributed by atoms with Gasteiger partial charge >= 0.3 is 5.97 Å². The minimum Gasteiger partial charge on any atom is -0.481 e. The van der Waals surface area contributed by atoms with Gasteiger partial charge in [0, 0.05) is 50.5 Å². The molecule has 3 N–H and O–H groups in total. The van der Waals surface area contributed by atoms with Crippen LogP contribution in [0.15, 0.2) is 40.9 Å². The summed E-state index contributed by atoms with van der Waals surface area (Å²) in [5.74, 6) is 0.137. The average Bonchev–Trinajstić information content (AvgIpc) is 3.79. The van der Waals surface area contributed by atoms with Gasteiger partial charge in [-0.3, -0.25) is 9.52 Å². The van der Waals surface area contributed by atoms with Gasteiger partial charge in [-0.05, 0) is 74.3 Å². The molecular formula is C32H43N7O5S. The summed E-state index contributed by atoms with van der Waals surface area (Å²) in [6.07, 6.45) is 6.46. The highest BCUT2D eigenvalue weighted by Gasteiger charge is 2.36. The summed E-state index contributed by atoms with van der Waals surface area (Å²) < 4.78 is 34.6. The molecule has 45 heavy (non-hydrogen) atoms. The Hall–Kier alpha value is -3.71. The molecule has 1 unspecified atom stereocenters. The number of nitrogens with one attached hydrogen (secondary N) is 2. The summed E-state index contributed by atoms with van der Waals surface area (Å²) >= 11 is 0. The first-order chi connectivity index (χ1) is 21.5. The summed E-state index contributed by atoms with van der Waals surface area (Å²) in [5.41, 5.74) is 2.97. The van der Waals surface area contributed by atoms with Crippen LogP contribution in [-0.4, -0.2) is 78.7 Å². The number of aromatic nitrogens is 3. The van der Waals surface area contributed by atoms with Crippen LogP contribution in [0.4, 0.5) is 17.2 Å². The molecule has 2 saturated heterocycles. The van der Waals surface area contributed by atoms with E-state index in [2.05, 4.69) is 50.9 Å². The van der Waals surface area contributed by atoms with Crippen LogP contribution in [0.2, 0.25) is 0 Å². The molecule has 0 amide bonds. The van der Waals surface area contributed by atoms with Crippen molar-refractivity contribution in [3.63, 3.8) is 0 Å². The van der Waals surface area contributed by atoms with Crippen molar-refractivity contribution in [1.29, 1.82) is 0 Å². The first-order valence-corrected chi connectivity index (χ1v) is 17.5. The zero-order valence-electron chi connectivity index (χ0n) is 26.2. The van der Waals surface area contributed by atoms with Gasteiger partial charge in [0.15, 0.2) is 0 Å². The molecule has 6 rings (SSSR count). The van der Waals surface area contributed by atoms with Gasteiger partial charge in [-0.25, -0.2) is 13.4 Å². The third-order valence-corrected chi connectivity index (χ3v) is 11.1. The van der Waals surface area contributed by atoms with Crippen molar-refractivity contribution < 1.29 is 22.7 Å². The fraction of sp³-hybridized carbons (Fsp3) is 0.562. The molecule has 3 fully saturated rings. The maximum atomic E-state index is 12.8. The molecule has 3 aromatic rings. The van der Waals surface area contributed by atoms with Gasteiger partial charge in [-0.1, -0.05) is 20.8 Å². The Labute approximate surface area is 264 Å². The van der Waals surface area contributed by atoms with Gasteiger partial charge in [0.25, 0.3) is 0 Å². The molecule has 13 heteroatoms.